The lowest BCUT2D eigenvalue weighted by molar-refractivity contribution is 0.299. The van der Waals surface area contributed by atoms with Crippen molar-refractivity contribution < 1.29 is 0 Å². The highest BCUT2D eigenvalue weighted by atomic mass is 15.1. The zero-order chi connectivity index (χ0) is 15.0. The number of nitrogens with zero attached hydrogens (tertiary/aromatic N) is 1. The van der Waals surface area contributed by atoms with Crippen LogP contribution in [0.5, 0.6) is 0 Å². The van der Waals surface area contributed by atoms with Gasteiger partial charge in [-0.25, -0.2) is 0 Å². The molecule has 2 nitrogen and oxygen atoms in total. The third-order valence-electron chi connectivity index (χ3n) is 3.45. The Balaban J connectivity index is 2.31. The molecule has 0 saturated carbocycles. The Hall–Kier alpha value is -0.860. The molecule has 0 amide bonds. The highest BCUT2D eigenvalue weighted by Crippen LogP contribution is 2.07. The summed E-state index contributed by atoms with van der Waals surface area (Å²) in [5.74, 6) is 0.746. The predicted octanol–water partition coefficient (Wildman–Crippen LogP) is 3.36. The Morgan fingerprint density at radius 2 is 1.50 bits per heavy atom. The summed E-state index contributed by atoms with van der Waals surface area (Å²) in [6.45, 7) is 12.3. The molecule has 114 valence electrons. The number of hydrogen-bond acceptors (Lipinski definition) is 2. The van der Waals surface area contributed by atoms with Crippen LogP contribution in [0.4, 0.5) is 0 Å². The summed E-state index contributed by atoms with van der Waals surface area (Å²) < 4.78 is 0. The van der Waals surface area contributed by atoms with Gasteiger partial charge in [-0.05, 0) is 43.5 Å². The predicted molar refractivity (Wildman–Crippen MR) is 89.3 cm³/mol. The zero-order valence-corrected chi connectivity index (χ0v) is 13.9. The minimum Gasteiger partial charge on any atom is -0.314 e. The van der Waals surface area contributed by atoms with Gasteiger partial charge in [0, 0.05) is 19.1 Å². The van der Waals surface area contributed by atoms with E-state index >= 15 is 0 Å². The molecule has 0 aliphatic heterocycles. The third-order valence-corrected chi connectivity index (χ3v) is 3.45. The van der Waals surface area contributed by atoms with Gasteiger partial charge in [0.1, 0.15) is 0 Å². The van der Waals surface area contributed by atoms with Crippen molar-refractivity contribution in [2.24, 2.45) is 5.92 Å². The van der Waals surface area contributed by atoms with Crippen LogP contribution in [0.1, 0.15) is 38.8 Å². The van der Waals surface area contributed by atoms with Crippen LogP contribution in [0.15, 0.2) is 24.3 Å². The number of rotatable bonds is 9. The van der Waals surface area contributed by atoms with Crippen molar-refractivity contribution in [1.29, 1.82) is 0 Å². The molecular formula is C18H32N2. The molecule has 0 saturated heterocycles. The van der Waals surface area contributed by atoms with E-state index in [0.29, 0.717) is 6.04 Å². The van der Waals surface area contributed by atoms with Crippen LogP contribution in [0, 0.1) is 5.92 Å². The van der Waals surface area contributed by atoms with Crippen LogP contribution in [-0.2, 0) is 12.8 Å². The number of nitrogens with one attached hydrogen (secondary N) is 1. The third kappa shape index (κ3) is 7.66. The molecule has 0 radical (unpaired) electrons. The van der Waals surface area contributed by atoms with Crippen molar-refractivity contribution in [3.8, 4) is 0 Å². The normalized spacial score (nSPS) is 11.8. The molecule has 1 aromatic carbocycles. The van der Waals surface area contributed by atoms with Crippen LogP contribution in [0.25, 0.3) is 0 Å². The Morgan fingerprint density at radius 1 is 0.950 bits per heavy atom. The summed E-state index contributed by atoms with van der Waals surface area (Å²) in [5, 5.41) is 3.46. The summed E-state index contributed by atoms with van der Waals surface area (Å²) >= 11 is 0. The Bertz CT molecular complexity index is 354. The van der Waals surface area contributed by atoms with Crippen molar-refractivity contribution in [2.75, 3.05) is 26.7 Å². The summed E-state index contributed by atoms with van der Waals surface area (Å²) in [4.78, 5) is 2.42. The minimum absolute atomic E-state index is 0.575. The summed E-state index contributed by atoms with van der Waals surface area (Å²) in [5.41, 5.74) is 2.87. The number of hydrogen-bond donors (Lipinski definition) is 1. The van der Waals surface area contributed by atoms with Crippen LogP contribution >= 0.6 is 0 Å². The van der Waals surface area contributed by atoms with Gasteiger partial charge >= 0.3 is 0 Å². The highest BCUT2D eigenvalue weighted by Gasteiger charge is 2.02. The highest BCUT2D eigenvalue weighted by molar-refractivity contribution is 5.23. The molecule has 0 fully saturated rings. The smallest absolute Gasteiger partial charge is 0.00189 e. The zero-order valence-electron chi connectivity index (χ0n) is 13.9. The lowest BCUT2D eigenvalue weighted by Crippen LogP contribution is -2.25. The molecule has 0 heterocycles. The molecule has 1 aromatic rings. The van der Waals surface area contributed by atoms with Gasteiger partial charge in [-0.15, -0.1) is 0 Å². The van der Waals surface area contributed by atoms with E-state index in [1.165, 1.54) is 17.7 Å². The van der Waals surface area contributed by atoms with E-state index in [2.05, 4.69) is 69.2 Å². The average molecular weight is 276 g/mol. The second-order valence-corrected chi connectivity index (χ2v) is 6.58. The van der Waals surface area contributed by atoms with Gasteiger partial charge in [0.2, 0.25) is 0 Å². The maximum absolute atomic E-state index is 3.46. The molecule has 0 bridgehead atoms. The summed E-state index contributed by atoms with van der Waals surface area (Å²) in [6.07, 6.45) is 2.26. The van der Waals surface area contributed by atoms with Gasteiger partial charge in [-0.1, -0.05) is 52.0 Å². The van der Waals surface area contributed by atoms with E-state index in [1.807, 2.05) is 0 Å². The van der Waals surface area contributed by atoms with E-state index in [9.17, 15) is 0 Å². The second kappa shape index (κ2) is 9.15. The fourth-order valence-electron chi connectivity index (χ4n) is 2.41. The van der Waals surface area contributed by atoms with Crippen LogP contribution in [-0.4, -0.2) is 37.6 Å². The maximum Gasteiger partial charge on any atom is 0.00189 e. The van der Waals surface area contributed by atoms with Crippen molar-refractivity contribution in [2.45, 2.75) is 46.6 Å². The van der Waals surface area contributed by atoms with Crippen LogP contribution < -0.4 is 5.32 Å². The van der Waals surface area contributed by atoms with Crippen molar-refractivity contribution in [3.63, 3.8) is 0 Å². The molecule has 0 aromatic heterocycles. The van der Waals surface area contributed by atoms with Crippen molar-refractivity contribution in [3.05, 3.63) is 35.4 Å². The molecule has 0 unspecified atom stereocenters. The molecule has 0 aliphatic rings. The van der Waals surface area contributed by atoms with Gasteiger partial charge < -0.3 is 10.2 Å². The van der Waals surface area contributed by atoms with Crippen LogP contribution in [0.2, 0.25) is 0 Å². The fraction of sp³-hybridized carbons (Fsp3) is 0.667. The summed E-state index contributed by atoms with van der Waals surface area (Å²) in [7, 11) is 2.21. The minimum atomic E-state index is 0.575. The molecule has 20 heavy (non-hydrogen) atoms. The van der Waals surface area contributed by atoms with Gasteiger partial charge in [0.25, 0.3) is 0 Å². The van der Waals surface area contributed by atoms with E-state index in [-0.39, 0.29) is 0 Å². The lowest BCUT2D eigenvalue weighted by atomic mass is 10.1. The first kappa shape index (κ1) is 17.2. The van der Waals surface area contributed by atoms with Crippen LogP contribution in [0.3, 0.4) is 0 Å². The van der Waals surface area contributed by atoms with E-state index in [0.717, 1.165) is 31.8 Å². The topological polar surface area (TPSA) is 15.3 Å². The van der Waals surface area contributed by atoms with E-state index in [1.54, 1.807) is 0 Å². The summed E-state index contributed by atoms with van der Waals surface area (Å²) in [6, 6.07) is 9.70. The standard InChI is InChI=1S/C18H32N2/c1-15(2)14-20(5)13-11-18-8-6-17(7-9-18)10-12-19-16(3)4/h6-9,15-16,19H,10-14H2,1-5H3. The molecule has 0 spiro atoms. The van der Waals surface area contributed by atoms with Crippen molar-refractivity contribution >= 4 is 0 Å². The van der Waals surface area contributed by atoms with E-state index in [4.69, 9.17) is 0 Å². The monoisotopic (exact) mass is 276 g/mol. The van der Waals surface area contributed by atoms with Crippen molar-refractivity contribution in [1.82, 2.24) is 10.2 Å². The maximum atomic E-state index is 3.46. The first-order valence-electron chi connectivity index (χ1n) is 7.97. The molecule has 0 aliphatic carbocycles. The molecule has 1 N–H and O–H groups in total. The van der Waals surface area contributed by atoms with Gasteiger partial charge in [-0.2, -0.15) is 0 Å². The van der Waals surface area contributed by atoms with Gasteiger partial charge in [0.05, 0.1) is 0 Å². The van der Waals surface area contributed by atoms with Gasteiger partial charge in [0.15, 0.2) is 0 Å². The average Bonchev–Trinajstić information content (AvgIpc) is 2.36. The lowest BCUT2D eigenvalue weighted by Gasteiger charge is -2.18. The molecule has 1 rings (SSSR count). The Labute approximate surface area is 125 Å². The largest absolute Gasteiger partial charge is 0.314 e. The first-order chi connectivity index (χ1) is 9.47. The molecule has 2 heteroatoms. The molecule has 0 atom stereocenters. The Morgan fingerprint density at radius 3 is 2.00 bits per heavy atom. The second-order valence-electron chi connectivity index (χ2n) is 6.58. The van der Waals surface area contributed by atoms with E-state index < -0.39 is 0 Å². The quantitative estimate of drug-likeness (QED) is 0.744. The number of likely N-dealkylation sites (N-methyl/N-ethyl adjacent to an activating group) is 1. The van der Waals surface area contributed by atoms with Gasteiger partial charge in [-0.3, -0.25) is 0 Å². The fourth-order valence-corrected chi connectivity index (χ4v) is 2.41. The first-order valence-corrected chi connectivity index (χ1v) is 7.97. The Kier molecular flexibility index (Phi) is 7.86. The SMILES string of the molecule is CC(C)CN(C)CCc1ccc(CCNC(C)C)cc1. The number of benzene rings is 1. The molecular weight excluding hydrogens is 244 g/mol.